The van der Waals surface area contributed by atoms with Crippen molar-refractivity contribution in [3.63, 3.8) is 0 Å². The molecule has 0 aromatic heterocycles. The van der Waals surface area contributed by atoms with Crippen LogP contribution in [-0.2, 0) is 21.2 Å². The maximum atomic E-state index is 12.5. The molecular weight excluding hydrogens is 454 g/mol. The molecule has 2 aliphatic rings. The van der Waals surface area contributed by atoms with Gasteiger partial charge in [0.25, 0.3) is 11.8 Å². The molecule has 1 aliphatic heterocycles. The summed E-state index contributed by atoms with van der Waals surface area (Å²) in [6.07, 6.45) is 5.04. The van der Waals surface area contributed by atoms with Crippen LogP contribution in [0, 0.1) is 0 Å². The highest BCUT2D eigenvalue weighted by atomic mass is 32.2. The molecule has 9 heteroatoms. The van der Waals surface area contributed by atoms with Gasteiger partial charge >= 0.3 is 0 Å². The van der Waals surface area contributed by atoms with E-state index in [4.69, 9.17) is 0 Å². The van der Waals surface area contributed by atoms with Crippen LogP contribution in [0.2, 0.25) is 0 Å². The third-order valence-electron chi connectivity index (χ3n) is 6.31. The Kier molecular flexibility index (Phi) is 7.43. The molecule has 2 aromatic rings. The number of carbonyl (C=O) groups is 3. The normalized spacial score (nSPS) is 16.2. The van der Waals surface area contributed by atoms with E-state index in [1.165, 1.54) is 4.90 Å². The fourth-order valence-electron chi connectivity index (χ4n) is 4.44. The monoisotopic (exact) mass is 483 g/mol. The van der Waals surface area contributed by atoms with Gasteiger partial charge in [0, 0.05) is 25.6 Å². The summed E-state index contributed by atoms with van der Waals surface area (Å²) in [4.78, 5) is 38.3. The van der Waals surface area contributed by atoms with E-state index in [0.717, 1.165) is 31.2 Å². The number of nitrogens with one attached hydrogen (secondary N) is 2. The molecule has 0 atom stereocenters. The van der Waals surface area contributed by atoms with Crippen molar-refractivity contribution >= 4 is 27.7 Å². The van der Waals surface area contributed by atoms with Crippen molar-refractivity contribution in [2.24, 2.45) is 0 Å². The first-order valence-corrected chi connectivity index (χ1v) is 13.2. The van der Waals surface area contributed by atoms with Gasteiger partial charge in [0.15, 0.2) is 0 Å². The van der Waals surface area contributed by atoms with Gasteiger partial charge in [-0.05, 0) is 55.5 Å². The van der Waals surface area contributed by atoms with Gasteiger partial charge in [0.2, 0.25) is 15.9 Å². The van der Waals surface area contributed by atoms with Crippen LogP contribution in [0.3, 0.4) is 0 Å². The molecule has 0 bridgehead atoms. The SMILES string of the molecule is O=C(CCCN1C(=O)c2ccccc2C1=O)NCCc1ccc(S(=O)(=O)NC2CCCC2)cc1. The summed E-state index contributed by atoms with van der Waals surface area (Å²) in [5.74, 6) is -0.786. The van der Waals surface area contributed by atoms with Gasteiger partial charge in [-0.1, -0.05) is 37.1 Å². The lowest BCUT2D eigenvalue weighted by molar-refractivity contribution is -0.121. The van der Waals surface area contributed by atoms with Gasteiger partial charge in [-0.3, -0.25) is 19.3 Å². The molecule has 3 amide bonds. The summed E-state index contributed by atoms with van der Waals surface area (Å²) in [6.45, 7) is 0.614. The lowest BCUT2D eigenvalue weighted by atomic mass is 10.1. The summed E-state index contributed by atoms with van der Waals surface area (Å²) >= 11 is 0. The van der Waals surface area contributed by atoms with E-state index in [2.05, 4.69) is 10.0 Å². The second kappa shape index (κ2) is 10.5. The number of imide groups is 1. The average molecular weight is 484 g/mol. The average Bonchev–Trinajstić information content (AvgIpc) is 3.41. The number of rotatable bonds is 10. The fraction of sp³-hybridized carbons (Fsp3) is 0.400. The summed E-state index contributed by atoms with van der Waals surface area (Å²) < 4.78 is 27.7. The molecule has 1 fully saturated rings. The first kappa shape index (κ1) is 24.1. The van der Waals surface area contributed by atoms with E-state index < -0.39 is 10.0 Å². The van der Waals surface area contributed by atoms with Crippen LogP contribution in [0.5, 0.6) is 0 Å². The second-order valence-corrected chi connectivity index (χ2v) is 10.5. The van der Waals surface area contributed by atoms with Crippen LogP contribution in [-0.4, -0.2) is 50.2 Å². The maximum absolute atomic E-state index is 12.5. The van der Waals surface area contributed by atoms with Gasteiger partial charge < -0.3 is 5.32 Å². The summed E-state index contributed by atoms with van der Waals surface area (Å²) in [6, 6.07) is 13.5. The van der Waals surface area contributed by atoms with Gasteiger partial charge in [0.1, 0.15) is 0 Å². The molecule has 1 heterocycles. The zero-order chi connectivity index (χ0) is 24.1. The van der Waals surface area contributed by atoms with Crippen LogP contribution < -0.4 is 10.0 Å². The Morgan fingerprint density at radius 1 is 0.941 bits per heavy atom. The van der Waals surface area contributed by atoms with E-state index in [-0.39, 0.29) is 41.6 Å². The lowest BCUT2D eigenvalue weighted by Gasteiger charge is -2.13. The molecule has 0 unspecified atom stereocenters. The molecular formula is C25H29N3O5S. The highest BCUT2D eigenvalue weighted by molar-refractivity contribution is 7.89. The van der Waals surface area contributed by atoms with Gasteiger partial charge in [-0.15, -0.1) is 0 Å². The number of amides is 3. The van der Waals surface area contributed by atoms with Crippen molar-refractivity contribution in [2.45, 2.75) is 55.9 Å². The van der Waals surface area contributed by atoms with Crippen LogP contribution in [0.15, 0.2) is 53.4 Å². The number of carbonyl (C=O) groups excluding carboxylic acids is 3. The maximum Gasteiger partial charge on any atom is 0.261 e. The van der Waals surface area contributed by atoms with Gasteiger partial charge in [0.05, 0.1) is 16.0 Å². The van der Waals surface area contributed by atoms with Crippen LogP contribution in [0.1, 0.15) is 64.8 Å². The summed E-state index contributed by atoms with van der Waals surface area (Å²) in [5, 5.41) is 2.83. The van der Waals surface area contributed by atoms with Crippen LogP contribution in [0.4, 0.5) is 0 Å². The van der Waals surface area contributed by atoms with Crippen LogP contribution in [0.25, 0.3) is 0 Å². The van der Waals surface area contributed by atoms with Gasteiger partial charge in [-0.2, -0.15) is 0 Å². The van der Waals surface area contributed by atoms with Crippen molar-refractivity contribution in [2.75, 3.05) is 13.1 Å². The number of nitrogens with zero attached hydrogens (tertiary/aromatic N) is 1. The zero-order valence-electron chi connectivity index (χ0n) is 19.0. The highest BCUT2D eigenvalue weighted by Crippen LogP contribution is 2.23. The molecule has 4 rings (SSSR count). The van der Waals surface area contributed by atoms with E-state index in [1.54, 1.807) is 48.5 Å². The quantitative estimate of drug-likeness (QED) is 0.505. The third-order valence-corrected chi connectivity index (χ3v) is 7.85. The first-order chi connectivity index (χ1) is 16.3. The number of sulfonamides is 1. The standard InChI is InChI=1S/C25H29N3O5S/c29-23(10-5-17-28-24(30)21-8-3-4-9-22(21)25(28)31)26-16-15-18-11-13-20(14-12-18)34(32,33)27-19-6-1-2-7-19/h3-4,8-9,11-14,19,27H,1-2,5-7,10,15-17H2,(H,26,29). The van der Waals surface area contributed by atoms with Crippen molar-refractivity contribution in [1.82, 2.24) is 14.9 Å². The third kappa shape index (κ3) is 5.53. The number of benzene rings is 2. The topological polar surface area (TPSA) is 113 Å². The van der Waals surface area contributed by atoms with Crippen molar-refractivity contribution in [1.29, 1.82) is 0 Å². The minimum absolute atomic E-state index is 0.0249. The largest absolute Gasteiger partial charge is 0.356 e. The molecule has 34 heavy (non-hydrogen) atoms. The Balaban J connectivity index is 1.17. The molecule has 1 aliphatic carbocycles. The predicted molar refractivity (Wildman–Crippen MR) is 127 cm³/mol. The molecule has 0 saturated heterocycles. The molecule has 8 nitrogen and oxygen atoms in total. The minimum atomic E-state index is -3.51. The minimum Gasteiger partial charge on any atom is -0.356 e. The van der Waals surface area contributed by atoms with E-state index in [9.17, 15) is 22.8 Å². The Morgan fingerprint density at radius 3 is 2.18 bits per heavy atom. The number of fused-ring (bicyclic) bond motifs is 1. The zero-order valence-corrected chi connectivity index (χ0v) is 19.8. The van der Waals surface area contributed by atoms with Gasteiger partial charge in [-0.25, -0.2) is 13.1 Å². The van der Waals surface area contributed by atoms with Crippen molar-refractivity contribution in [3.05, 3.63) is 65.2 Å². The Bertz CT molecular complexity index is 1140. The fourth-order valence-corrected chi connectivity index (χ4v) is 5.75. The Hall–Kier alpha value is -3.04. The first-order valence-electron chi connectivity index (χ1n) is 11.7. The smallest absolute Gasteiger partial charge is 0.261 e. The molecule has 2 N–H and O–H groups in total. The van der Waals surface area contributed by atoms with Crippen molar-refractivity contribution in [3.8, 4) is 0 Å². The number of hydrogen-bond donors (Lipinski definition) is 2. The van der Waals surface area contributed by atoms with E-state index >= 15 is 0 Å². The molecule has 2 aromatic carbocycles. The molecule has 1 saturated carbocycles. The Morgan fingerprint density at radius 2 is 1.56 bits per heavy atom. The molecule has 0 spiro atoms. The van der Waals surface area contributed by atoms with E-state index in [0.29, 0.717) is 30.5 Å². The Labute approximate surface area is 199 Å². The molecule has 180 valence electrons. The number of hydrogen-bond acceptors (Lipinski definition) is 5. The predicted octanol–water partition coefficient (Wildman–Crippen LogP) is 2.64. The van der Waals surface area contributed by atoms with Crippen LogP contribution >= 0.6 is 0 Å². The lowest BCUT2D eigenvalue weighted by Crippen LogP contribution is -2.32. The van der Waals surface area contributed by atoms with Crippen molar-refractivity contribution < 1.29 is 22.8 Å². The summed E-state index contributed by atoms with van der Waals surface area (Å²) in [5.41, 5.74) is 1.74. The summed E-state index contributed by atoms with van der Waals surface area (Å²) in [7, 11) is -3.51. The molecule has 0 radical (unpaired) electrons. The van der Waals surface area contributed by atoms with E-state index in [1.807, 2.05) is 0 Å². The highest BCUT2D eigenvalue weighted by Gasteiger charge is 2.34. The second-order valence-electron chi connectivity index (χ2n) is 8.76.